The van der Waals surface area contributed by atoms with Crippen molar-refractivity contribution in [2.45, 2.75) is 26.3 Å². The maximum atomic E-state index is 10.4. The lowest BCUT2D eigenvalue weighted by Crippen LogP contribution is -2.10. The van der Waals surface area contributed by atoms with E-state index in [1.54, 1.807) is 0 Å². The Kier molecular flexibility index (Phi) is 5.49. The van der Waals surface area contributed by atoms with Crippen molar-refractivity contribution in [2.75, 3.05) is 6.61 Å². The Bertz CT molecular complexity index is 348. The van der Waals surface area contributed by atoms with Crippen LogP contribution in [0.15, 0.2) is 24.3 Å². The van der Waals surface area contributed by atoms with Crippen LogP contribution in [0.5, 0.6) is 5.75 Å². The van der Waals surface area contributed by atoms with Gasteiger partial charge in [0, 0.05) is 13.0 Å². The summed E-state index contributed by atoms with van der Waals surface area (Å²) in [5.74, 6) is 0.272. The molecule has 1 aromatic rings. The first kappa shape index (κ1) is 13.5. The fraction of sp³-hybridized carbons (Fsp3) is 0.462. The molecule has 0 amide bonds. The van der Waals surface area contributed by atoms with Gasteiger partial charge in [-0.05, 0) is 30.0 Å². The molecule has 0 bridgehead atoms. The van der Waals surface area contributed by atoms with E-state index in [-0.39, 0.29) is 12.3 Å². The highest BCUT2D eigenvalue weighted by atomic mass is 16.5. The molecule has 0 spiro atoms. The molecule has 0 aromatic heterocycles. The van der Waals surface area contributed by atoms with Crippen LogP contribution in [0.25, 0.3) is 0 Å². The van der Waals surface area contributed by atoms with Crippen LogP contribution in [0.1, 0.15) is 25.3 Å². The number of hydrogen-bond acceptors (Lipinski definition) is 3. The standard InChI is InChI=1S/C13H19NO3/c1-10(2-7-13(15)16)9-17-12-5-3-11(8-14)4-6-12/h3-6,10H,2,7-9,14H2,1H3,(H,15,16). The summed E-state index contributed by atoms with van der Waals surface area (Å²) in [7, 11) is 0. The summed E-state index contributed by atoms with van der Waals surface area (Å²) in [5, 5.41) is 8.55. The zero-order chi connectivity index (χ0) is 12.7. The number of carboxylic acid groups (broad SMARTS) is 1. The normalized spacial score (nSPS) is 12.1. The van der Waals surface area contributed by atoms with Gasteiger partial charge in [-0.1, -0.05) is 19.1 Å². The van der Waals surface area contributed by atoms with E-state index in [2.05, 4.69) is 0 Å². The van der Waals surface area contributed by atoms with Gasteiger partial charge in [-0.3, -0.25) is 4.79 Å². The largest absolute Gasteiger partial charge is 0.493 e. The molecule has 1 rings (SSSR count). The highest BCUT2D eigenvalue weighted by molar-refractivity contribution is 5.66. The molecule has 1 unspecified atom stereocenters. The number of benzene rings is 1. The fourth-order valence-corrected chi connectivity index (χ4v) is 1.41. The molecule has 3 N–H and O–H groups in total. The third-order valence-electron chi connectivity index (χ3n) is 2.54. The smallest absolute Gasteiger partial charge is 0.303 e. The Morgan fingerprint density at radius 2 is 2.06 bits per heavy atom. The maximum Gasteiger partial charge on any atom is 0.303 e. The van der Waals surface area contributed by atoms with Gasteiger partial charge in [-0.25, -0.2) is 0 Å². The Hall–Kier alpha value is -1.55. The van der Waals surface area contributed by atoms with Crippen molar-refractivity contribution in [2.24, 2.45) is 11.7 Å². The number of ether oxygens (including phenoxy) is 1. The summed E-state index contributed by atoms with van der Waals surface area (Å²) in [6.07, 6.45) is 0.826. The quantitative estimate of drug-likeness (QED) is 0.761. The van der Waals surface area contributed by atoms with Gasteiger partial charge < -0.3 is 15.6 Å². The lowest BCUT2D eigenvalue weighted by molar-refractivity contribution is -0.137. The summed E-state index contributed by atoms with van der Waals surface area (Å²) >= 11 is 0. The first-order valence-corrected chi connectivity index (χ1v) is 5.75. The van der Waals surface area contributed by atoms with Gasteiger partial charge in [0.1, 0.15) is 5.75 Å². The molecular formula is C13H19NO3. The molecule has 0 saturated carbocycles. The summed E-state index contributed by atoms with van der Waals surface area (Å²) in [6.45, 7) is 3.04. The van der Waals surface area contributed by atoms with Crippen LogP contribution >= 0.6 is 0 Å². The number of nitrogens with two attached hydrogens (primary N) is 1. The van der Waals surface area contributed by atoms with E-state index < -0.39 is 5.97 Å². The van der Waals surface area contributed by atoms with E-state index in [0.29, 0.717) is 19.6 Å². The number of hydrogen-bond donors (Lipinski definition) is 2. The third kappa shape index (κ3) is 5.36. The number of rotatable bonds is 7. The molecule has 0 fully saturated rings. The van der Waals surface area contributed by atoms with E-state index >= 15 is 0 Å². The molecule has 94 valence electrons. The average Bonchev–Trinajstić information content (AvgIpc) is 2.34. The molecule has 1 aromatic carbocycles. The molecule has 0 radical (unpaired) electrons. The summed E-state index contributed by atoms with van der Waals surface area (Å²) < 4.78 is 5.57. The van der Waals surface area contributed by atoms with E-state index in [1.807, 2.05) is 31.2 Å². The highest BCUT2D eigenvalue weighted by Crippen LogP contribution is 2.14. The van der Waals surface area contributed by atoms with Gasteiger partial charge in [-0.15, -0.1) is 0 Å². The predicted molar refractivity (Wildman–Crippen MR) is 65.9 cm³/mol. The van der Waals surface area contributed by atoms with Crippen LogP contribution in [0.2, 0.25) is 0 Å². The fourth-order valence-electron chi connectivity index (χ4n) is 1.41. The van der Waals surface area contributed by atoms with Crippen molar-refractivity contribution < 1.29 is 14.6 Å². The van der Waals surface area contributed by atoms with Gasteiger partial charge in [0.25, 0.3) is 0 Å². The third-order valence-corrected chi connectivity index (χ3v) is 2.54. The minimum atomic E-state index is -0.760. The van der Waals surface area contributed by atoms with Crippen molar-refractivity contribution in [1.29, 1.82) is 0 Å². The van der Waals surface area contributed by atoms with E-state index in [4.69, 9.17) is 15.6 Å². The second-order valence-electron chi connectivity index (χ2n) is 4.20. The number of carboxylic acids is 1. The minimum Gasteiger partial charge on any atom is -0.493 e. The number of aliphatic carboxylic acids is 1. The first-order valence-electron chi connectivity index (χ1n) is 5.75. The van der Waals surface area contributed by atoms with Crippen molar-refractivity contribution in [3.63, 3.8) is 0 Å². The Morgan fingerprint density at radius 1 is 1.41 bits per heavy atom. The average molecular weight is 237 g/mol. The summed E-state index contributed by atoms with van der Waals surface area (Å²) in [5.41, 5.74) is 6.56. The molecule has 0 saturated heterocycles. The SMILES string of the molecule is CC(CCC(=O)O)COc1ccc(CN)cc1. The van der Waals surface area contributed by atoms with Crippen LogP contribution < -0.4 is 10.5 Å². The zero-order valence-corrected chi connectivity index (χ0v) is 10.1. The molecule has 4 nitrogen and oxygen atoms in total. The second-order valence-corrected chi connectivity index (χ2v) is 4.20. The maximum absolute atomic E-state index is 10.4. The molecule has 17 heavy (non-hydrogen) atoms. The van der Waals surface area contributed by atoms with Gasteiger partial charge in [0.05, 0.1) is 6.61 Å². The van der Waals surface area contributed by atoms with Gasteiger partial charge in [0.15, 0.2) is 0 Å². The molecule has 0 aliphatic heterocycles. The summed E-state index contributed by atoms with van der Waals surface area (Å²) in [6, 6.07) is 7.62. The molecular weight excluding hydrogens is 218 g/mol. The Labute approximate surface area is 101 Å². The van der Waals surface area contributed by atoms with E-state index in [0.717, 1.165) is 11.3 Å². The molecule has 4 heteroatoms. The van der Waals surface area contributed by atoms with Crippen LogP contribution in [0, 0.1) is 5.92 Å². The summed E-state index contributed by atoms with van der Waals surface area (Å²) in [4.78, 5) is 10.4. The van der Waals surface area contributed by atoms with Gasteiger partial charge in [0.2, 0.25) is 0 Å². The highest BCUT2D eigenvalue weighted by Gasteiger charge is 2.06. The minimum absolute atomic E-state index is 0.191. The first-order chi connectivity index (χ1) is 8.11. The lowest BCUT2D eigenvalue weighted by Gasteiger charge is -2.12. The van der Waals surface area contributed by atoms with Crippen LogP contribution in [0.3, 0.4) is 0 Å². The van der Waals surface area contributed by atoms with Crippen LogP contribution in [-0.4, -0.2) is 17.7 Å². The van der Waals surface area contributed by atoms with Gasteiger partial charge >= 0.3 is 5.97 Å². The lowest BCUT2D eigenvalue weighted by atomic mass is 10.1. The second kappa shape index (κ2) is 6.91. The van der Waals surface area contributed by atoms with Crippen molar-refractivity contribution >= 4 is 5.97 Å². The zero-order valence-electron chi connectivity index (χ0n) is 10.1. The van der Waals surface area contributed by atoms with E-state index in [9.17, 15) is 4.79 Å². The Morgan fingerprint density at radius 3 is 2.59 bits per heavy atom. The Balaban J connectivity index is 2.31. The van der Waals surface area contributed by atoms with Crippen LogP contribution in [-0.2, 0) is 11.3 Å². The molecule has 0 aliphatic rings. The van der Waals surface area contributed by atoms with Crippen molar-refractivity contribution in [3.8, 4) is 5.75 Å². The topological polar surface area (TPSA) is 72.5 Å². The monoisotopic (exact) mass is 237 g/mol. The number of carbonyl (C=O) groups is 1. The van der Waals surface area contributed by atoms with Gasteiger partial charge in [-0.2, -0.15) is 0 Å². The molecule has 0 aliphatic carbocycles. The van der Waals surface area contributed by atoms with Crippen LogP contribution in [0.4, 0.5) is 0 Å². The van der Waals surface area contributed by atoms with E-state index in [1.165, 1.54) is 0 Å². The molecule has 1 atom stereocenters. The predicted octanol–water partition coefficient (Wildman–Crippen LogP) is 2.02. The molecule has 0 heterocycles. The van der Waals surface area contributed by atoms with Crippen molar-refractivity contribution in [1.82, 2.24) is 0 Å². The van der Waals surface area contributed by atoms with Crippen molar-refractivity contribution in [3.05, 3.63) is 29.8 Å².